The number of anilines is 1. The average Bonchev–Trinajstić information content (AvgIpc) is 2.37. The van der Waals surface area contributed by atoms with E-state index < -0.39 is 5.60 Å². The summed E-state index contributed by atoms with van der Waals surface area (Å²) in [4.78, 5) is 11.8. The second-order valence-electron chi connectivity index (χ2n) is 5.86. The Kier molecular flexibility index (Phi) is 6.52. The first kappa shape index (κ1) is 16.5. The number of hydrogen-bond donors (Lipinski definition) is 2. The average molecular weight is 278 g/mol. The van der Waals surface area contributed by atoms with Crippen molar-refractivity contribution in [1.29, 1.82) is 0 Å². The molecule has 0 aliphatic carbocycles. The third-order valence-electron chi connectivity index (χ3n) is 2.73. The molecule has 112 valence electrons. The molecule has 3 N–H and O–H groups in total. The fourth-order valence-corrected chi connectivity index (χ4v) is 1.74. The number of nitrogens with two attached hydrogens (primary N) is 1. The van der Waals surface area contributed by atoms with Gasteiger partial charge in [0, 0.05) is 12.2 Å². The summed E-state index contributed by atoms with van der Waals surface area (Å²) in [5, 5.41) is 3.33. The second kappa shape index (κ2) is 7.90. The van der Waals surface area contributed by atoms with Gasteiger partial charge in [-0.1, -0.05) is 6.42 Å². The Hall–Kier alpha value is -1.55. The van der Waals surface area contributed by atoms with Gasteiger partial charge in [0.1, 0.15) is 5.60 Å². The van der Waals surface area contributed by atoms with Crippen molar-refractivity contribution in [3.05, 3.63) is 29.8 Å². The molecule has 0 bridgehead atoms. The molecule has 20 heavy (non-hydrogen) atoms. The smallest absolute Gasteiger partial charge is 0.338 e. The van der Waals surface area contributed by atoms with Gasteiger partial charge in [-0.15, -0.1) is 0 Å². The van der Waals surface area contributed by atoms with Crippen LogP contribution in [0.2, 0.25) is 0 Å². The summed E-state index contributed by atoms with van der Waals surface area (Å²) in [5.41, 5.74) is 6.58. The summed E-state index contributed by atoms with van der Waals surface area (Å²) in [6.07, 6.45) is 3.31. The van der Waals surface area contributed by atoms with Crippen molar-refractivity contribution in [1.82, 2.24) is 0 Å². The fraction of sp³-hybridized carbons (Fsp3) is 0.562. The van der Waals surface area contributed by atoms with Crippen molar-refractivity contribution in [3.8, 4) is 0 Å². The first-order valence-electron chi connectivity index (χ1n) is 7.20. The van der Waals surface area contributed by atoms with Crippen LogP contribution >= 0.6 is 0 Å². The van der Waals surface area contributed by atoms with Crippen molar-refractivity contribution in [3.63, 3.8) is 0 Å². The third kappa shape index (κ3) is 6.57. The lowest BCUT2D eigenvalue weighted by Gasteiger charge is -2.19. The molecule has 4 heteroatoms. The van der Waals surface area contributed by atoms with Crippen molar-refractivity contribution in [2.24, 2.45) is 5.73 Å². The van der Waals surface area contributed by atoms with Gasteiger partial charge in [0.05, 0.1) is 5.56 Å². The molecule has 0 saturated carbocycles. The Morgan fingerprint density at radius 1 is 1.15 bits per heavy atom. The molecule has 0 aliphatic rings. The van der Waals surface area contributed by atoms with E-state index in [1.165, 1.54) is 0 Å². The summed E-state index contributed by atoms with van der Waals surface area (Å²) in [5.74, 6) is -0.285. The van der Waals surface area contributed by atoms with Gasteiger partial charge >= 0.3 is 5.97 Å². The number of benzene rings is 1. The largest absolute Gasteiger partial charge is 0.456 e. The fourth-order valence-electron chi connectivity index (χ4n) is 1.74. The van der Waals surface area contributed by atoms with E-state index in [2.05, 4.69) is 5.32 Å². The van der Waals surface area contributed by atoms with E-state index in [4.69, 9.17) is 10.5 Å². The Morgan fingerprint density at radius 3 is 2.35 bits per heavy atom. The van der Waals surface area contributed by atoms with Crippen LogP contribution in [-0.4, -0.2) is 24.7 Å². The zero-order valence-corrected chi connectivity index (χ0v) is 12.7. The Morgan fingerprint density at radius 2 is 1.80 bits per heavy atom. The van der Waals surface area contributed by atoms with Crippen LogP contribution in [0.25, 0.3) is 0 Å². The molecule has 1 aromatic rings. The minimum Gasteiger partial charge on any atom is -0.456 e. The van der Waals surface area contributed by atoms with E-state index in [9.17, 15) is 4.79 Å². The normalized spacial score (nSPS) is 11.2. The number of hydrogen-bond acceptors (Lipinski definition) is 4. The van der Waals surface area contributed by atoms with Crippen molar-refractivity contribution in [2.75, 3.05) is 18.4 Å². The first-order chi connectivity index (χ1) is 9.42. The standard InChI is InChI=1S/C16H26N2O2/c1-16(2,3)20-15(19)13-7-9-14(10-8-13)18-12-6-4-5-11-17/h7-10,18H,4-6,11-12,17H2,1-3H3. The molecular formula is C16H26N2O2. The Bertz CT molecular complexity index is 407. The van der Waals surface area contributed by atoms with Gasteiger partial charge in [-0.3, -0.25) is 0 Å². The summed E-state index contributed by atoms with van der Waals surface area (Å²) in [6, 6.07) is 7.39. The lowest BCUT2D eigenvalue weighted by Crippen LogP contribution is -2.23. The number of rotatable bonds is 7. The van der Waals surface area contributed by atoms with Crippen LogP contribution in [0.3, 0.4) is 0 Å². The lowest BCUT2D eigenvalue weighted by atomic mass is 10.1. The molecule has 1 rings (SSSR count). The van der Waals surface area contributed by atoms with Crippen LogP contribution in [0, 0.1) is 0 Å². The van der Waals surface area contributed by atoms with Crippen molar-refractivity contribution < 1.29 is 9.53 Å². The minimum absolute atomic E-state index is 0.285. The molecule has 0 aromatic heterocycles. The van der Waals surface area contributed by atoms with Crippen LogP contribution in [-0.2, 0) is 4.74 Å². The number of carbonyl (C=O) groups excluding carboxylic acids is 1. The highest BCUT2D eigenvalue weighted by molar-refractivity contribution is 5.90. The Labute approximate surface area is 121 Å². The van der Waals surface area contributed by atoms with Gasteiger partial charge < -0.3 is 15.8 Å². The summed E-state index contributed by atoms with van der Waals surface area (Å²) in [7, 11) is 0. The van der Waals surface area contributed by atoms with Crippen molar-refractivity contribution in [2.45, 2.75) is 45.6 Å². The number of esters is 1. The van der Waals surface area contributed by atoms with E-state index in [0.29, 0.717) is 5.56 Å². The van der Waals surface area contributed by atoms with Crippen LogP contribution in [0.5, 0.6) is 0 Å². The number of unbranched alkanes of at least 4 members (excludes halogenated alkanes) is 2. The zero-order valence-electron chi connectivity index (χ0n) is 12.7. The summed E-state index contributed by atoms with van der Waals surface area (Å²) < 4.78 is 5.32. The highest BCUT2D eigenvalue weighted by atomic mass is 16.6. The molecule has 0 aliphatic heterocycles. The maximum absolute atomic E-state index is 11.8. The molecule has 1 aromatic carbocycles. The molecule has 0 fully saturated rings. The molecule has 0 amide bonds. The van der Waals surface area contributed by atoms with Gasteiger partial charge in [-0.05, 0) is 64.4 Å². The lowest BCUT2D eigenvalue weighted by molar-refractivity contribution is 0.00696. The summed E-state index contributed by atoms with van der Waals surface area (Å²) >= 11 is 0. The maximum atomic E-state index is 11.8. The number of nitrogens with one attached hydrogen (secondary N) is 1. The van der Waals surface area contributed by atoms with Crippen LogP contribution in [0.4, 0.5) is 5.69 Å². The van der Waals surface area contributed by atoms with E-state index in [-0.39, 0.29) is 5.97 Å². The highest BCUT2D eigenvalue weighted by Crippen LogP contribution is 2.14. The third-order valence-corrected chi connectivity index (χ3v) is 2.73. The molecular weight excluding hydrogens is 252 g/mol. The van der Waals surface area contributed by atoms with Crippen LogP contribution < -0.4 is 11.1 Å². The maximum Gasteiger partial charge on any atom is 0.338 e. The molecule has 0 atom stereocenters. The van der Waals surface area contributed by atoms with E-state index >= 15 is 0 Å². The minimum atomic E-state index is -0.461. The van der Waals surface area contributed by atoms with Gasteiger partial charge in [-0.25, -0.2) is 4.79 Å². The SMILES string of the molecule is CC(C)(C)OC(=O)c1ccc(NCCCCCN)cc1. The van der Waals surface area contributed by atoms with E-state index in [0.717, 1.165) is 38.0 Å². The van der Waals surface area contributed by atoms with Crippen LogP contribution in [0.15, 0.2) is 24.3 Å². The monoisotopic (exact) mass is 278 g/mol. The number of ether oxygens (including phenoxy) is 1. The van der Waals surface area contributed by atoms with Gasteiger partial charge in [0.2, 0.25) is 0 Å². The van der Waals surface area contributed by atoms with Gasteiger partial charge in [0.25, 0.3) is 0 Å². The molecule has 0 heterocycles. The molecule has 0 unspecified atom stereocenters. The predicted molar refractivity (Wildman–Crippen MR) is 83.0 cm³/mol. The predicted octanol–water partition coefficient (Wildman–Crippen LogP) is 3.18. The van der Waals surface area contributed by atoms with Gasteiger partial charge in [0.15, 0.2) is 0 Å². The topological polar surface area (TPSA) is 64.3 Å². The quantitative estimate of drug-likeness (QED) is 0.594. The molecule has 0 spiro atoms. The molecule has 0 saturated heterocycles. The number of carbonyl (C=O) groups is 1. The van der Waals surface area contributed by atoms with Crippen molar-refractivity contribution >= 4 is 11.7 Å². The first-order valence-corrected chi connectivity index (χ1v) is 7.20. The Balaban J connectivity index is 2.42. The highest BCUT2D eigenvalue weighted by Gasteiger charge is 2.17. The molecule has 4 nitrogen and oxygen atoms in total. The van der Waals surface area contributed by atoms with E-state index in [1.54, 1.807) is 12.1 Å². The van der Waals surface area contributed by atoms with E-state index in [1.807, 2.05) is 32.9 Å². The molecule has 0 radical (unpaired) electrons. The van der Waals surface area contributed by atoms with Crippen LogP contribution in [0.1, 0.15) is 50.4 Å². The second-order valence-corrected chi connectivity index (χ2v) is 5.86. The zero-order chi connectivity index (χ0) is 15.0. The van der Waals surface area contributed by atoms with Gasteiger partial charge in [-0.2, -0.15) is 0 Å². The summed E-state index contributed by atoms with van der Waals surface area (Å²) in [6.45, 7) is 7.27.